The molecule has 0 spiro atoms. The van der Waals surface area contributed by atoms with Crippen molar-refractivity contribution in [3.8, 4) is 0 Å². The second-order valence-electron chi connectivity index (χ2n) is 9.98. The Morgan fingerprint density at radius 2 is 0.889 bits per heavy atom. The minimum absolute atomic E-state index is 0.0928. The van der Waals surface area contributed by atoms with Crippen LogP contribution in [0.1, 0.15) is 41.7 Å². The molecule has 0 fully saturated rings. The molecule has 0 aliphatic carbocycles. The number of nitrogens with zero attached hydrogens (tertiary/aromatic N) is 1. The van der Waals surface area contributed by atoms with E-state index in [2.05, 4.69) is 91.5 Å². The van der Waals surface area contributed by atoms with E-state index in [0.717, 1.165) is 22.4 Å². The van der Waals surface area contributed by atoms with Crippen LogP contribution in [-0.4, -0.2) is 5.11 Å². The smallest absolute Gasteiger partial charge is 0.140 e. The highest BCUT2D eigenvalue weighted by Gasteiger charge is 2.37. The normalized spacial score (nSPS) is 14.1. The van der Waals surface area contributed by atoms with Crippen LogP contribution < -0.4 is 4.90 Å². The Hall–Kier alpha value is -4.14. The molecule has 0 aromatic heterocycles. The molecule has 36 heavy (non-hydrogen) atoms. The molecular formula is C34H29NO. The molecule has 5 aromatic rings. The first-order valence-corrected chi connectivity index (χ1v) is 12.4. The summed E-state index contributed by atoms with van der Waals surface area (Å²) < 4.78 is 0. The lowest BCUT2D eigenvalue weighted by molar-refractivity contribution is 0.126. The predicted octanol–water partition coefficient (Wildman–Crippen LogP) is 8.08. The van der Waals surface area contributed by atoms with Gasteiger partial charge in [0.2, 0.25) is 0 Å². The Labute approximate surface area is 213 Å². The number of fused-ring (bicyclic) bond motifs is 2. The van der Waals surface area contributed by atoms with E-state index < -0.39 is 5.60 Å². The highest BCUT2D eigenvalue weighted by molar-refractivity contribution is 5.85. The molecule has 2 heteroatoms. The van der Waals surface area contributed by atoms with Crippen LogP contribution in [0.4, 0.5) is 17.1 Å². The van der Waals surface area contributed by atoms with Crippen LogP contribution in [-0.2, 0) is 11.0 Å². The van der Waals surface area contributed by atoms with E-state index in [-0.39, 0.29) is 5.41 Å². The van der Waals surface area contributed by atoms with Crippen molar-refractivity contribution in [2.45, 2.75) is 24.9 Å². The number of rotatable bonds is 4. The van der Waals surface area contributed by atoms with Crippen molar-refractivity contribution in [1.82, 2.24) is 0 Å². The highest BCUT2D eigenvalue weighted by Crippen LogP contribution is 2.51. The van der Waals surface area contributed by atoms with Gasteiger partial charge in [0.1, 0.15) is 5.60 Å². The number of hydrogen-bond donors (Lipinski definition) is 1. The molecule has 1 heterocycles. The van der Waals surface area contributed by atoms with Crippen LogP contribution in [0.15, 0.2) is 133 Å². The molecule has 1 aliphatic heterocycles. The summed E-state index contributed by atoms with van der Waals surface area (Å²) in [4.78, 5) is 2.34. The lowest BCUT2D eigenvalue weighted by atomic mass is 9.73. The summed E-state index contributed by atoms with van der Waals surface area (Å²) in [6.45, 7) is 4.59. The van der Waals surface area contributed by atoms with Crippen LogP contribution in [0, 0.1) is 0 Å². The molecule has 0 atom stereocenters. The second kappa shape index (κ2) is 8.51. The fourth-order valence-corrected chi connectivity index (χ4v) is 5.66. The first-order valence-electron chi connectivity index (χ1n) is 12.4. The van der Waals surface area contributed by atoms with Gasteiger partial charge >= 0.3 is 0 Å². The molecule has 1 aliphatic rings. The van der Waals surface area contributed by atoms with Crippen molar-refractivity contribution in [2.75, 3.05) is 4.90 Å². The van der Waals surface area contributed by atoms with E-state index >= 15 is 0 Å². The van der Waals surface area contributed by atoms with Crippen LogP contribution >= 0.6 is 0 Å². The van der Waals surface area contributed by atoms with Crippen LogP contribution in [0.2, 0.25) is 0 Å². The van der Waals surface area contributed by atoms with Crippen molar-refractivity contribution < 1.29 is 5.11 Å². The van der Waals surface area contributed by atoms with E-state index in [9.17, 15) is 5.11 Å². The number of para-hydroxylation sites is 2. The summed E-state index contributed by atoms with van der Waals surface area (Å²) in [7, 11) is 0. The summed E-state index contributed by atoms with van der Waals surface area (Å²) in [5, 5.41) is 12.2. The van der Waals surface area contributed by atoms with Crippen LogP contribution in [0.5, 0.6) is 0 Å². The van der Waals surface area contributed by atoms with Gasteiger partial charge in [0.05, 0.1) is 11.4 Å². The third kappa shape index (κ3) is 3.37. The van der Waals surface area contributed by atoms with Gasteiger partial charge in [-0.2, -0.15) is 0 Å². The maximum atomic E-state index is 12.2. The van der Waals surface area contributed by atoms with Crippen LogP contribution in [0.3, 0.4) is 0 Å². The van der Waals surface area contributed by atoms with Gasteiger partial charge in [-0.15, -0.1) is 0 Å². The molecular weight excluding hydrogens is 438 g/mol. The third-order valence-corrected chi connectivity index (χ3v) is 7.56. The zero-order valence-electron chi connectivity index (χ0n) is 20.6. The van der Waals surface area contributed by atoms with Gasteiger partial charge < -0.3 is 10.0 Å². The van der Waals surface area contributed by atoms with Crippen molar-refractivity contribution in [3.05, 3.63) is 161 Å². The lowest BCUT2D eigenvalue weighted by Crippen LogP contribution is -2.31. The van der Waals surface area contributed by atoms with Gasteiger partial charge in [0, 0.05) is 11.1 Å². The maximum absolute atomic E-state index is 12.2. The van der Waals surface area contributed by atoms with Crippen LogP contribution in [0.25, 0.3) is 0 Å². The molecule has 176 valence electrons. The predicted molar refractivity (Wildman–Crippen MR) is 148 cm³/mol. The molecule has 0 amide bonds. The molecule has 0 unspecified atom stereocenters. The molecule has 0 saturated carbocycles. The minimum atomic E-state index is -1.25. The Balaban J connectivity index is 1.50. The minimum Gasteiger partial charge on any atom is -0.376 e. The van der Waals surface area contributed by atoms with Gasteiger partial charge in [0.15, 0.2) is 0 Å². The molecule has 2 nitrogen and oxygen atoms in total. The Kier molecular flexibility index (Phi) is 5.28. The van der Waals surface area contributed by atoms with Gasteiger partial charge in [0.25, 0.3) is 0 Å². The summed E-state index contributed by atoms with van der Waals surface area (Å²) in [5.41, 5.74) is 7.24. The lowest BCUT2D eigenvalue weighted by Gasteiger charge is -2.42. The summed E-state index contributed by atoms with van der Waals surface area (Å²) in [6.07, 6.45) is 0. The second-order valence-corrected chi connectivity index (χ2v) is 9.98. The Morgan fingerprint density at radius 1 is 0.500 bits per heavy atom. The SMILES string of the molecule is CC1(C)c2ccccc2N(c2ccc(C(O)(c3ccccc3)c3ccccc3)cc2)c2ccccc21. The van der Waals surface area contributed by atoms with Crippen molar-refractivity contribution in [1.29, 1.82) is 0 Å². The van der Waals surface area contributed by atoms with Gasteiger partial charge in [-0.25, -0.2) is 0 Å². The molecule has 6 rings (SSSR count). The summed E-state index contributed by atoms with van der Waals surface area (Å²) >= 11 is 0. The van der Waals surface area contributed by atoms with E-state index in [1.165, 1.54) is 22.5 Å². The fraction of sp³-hybridized carbons (Fsp3) is 0.118. The van der Waals surface area contributed by atoms with Crippen molar-refractivity contribution in [2.24, 2.45) is 0 Å². The number of benzene rings is 5. The zero-order chi connectivity index (χ0) is 24.8. The van der Waals surface area contributed by atoms with Crippen molar-refractivity contribution >= 4 is 17.1 Å². The molecule has 5 aromatic carbocycles. The first-order chi connectivity index (χ1) is 17.5. The van der Waals surface area contributed by atoms with E-state index in [4.69, 9.17) is 0 Å². The Morgan fingerprint density at radius 3 is 1.36 bits per heavy atom. The average Bonchev–Trinajstić information content (AvgIpc) is 2.94. The topological polar surface area (TPSA) is 23.5 Å². The summed E-state index contributed by atoms with van der Waals surface area (Å²) in [6, 6.07) is 45.5. The van der Waals surface area contributed by atoms with E-state index in [1.54, 1.807) is 0 Å². The molecule has 1 N–H and O–H groups in total. The van der Waals surface area contributed by atoms with E-state index in [0.29, 0.717) is 0 Å². The third-order valence-electron chi connectivity index (χ3n) is 7.56. The molecule has 0 bridgehead atoms. The van der Waals surface area contributed by atoms with Gasteiger partial charge in [-0.3, -0.25) is 0 Å². The standard InChI is InChI=1S/C34H29NO/c1-33(2)29-17-9-11-19-31(29)35(32-20-12-10-18-30(32)33)28-23-21-27(22-24-28)34(36,25-13-5-3-6-14-25)26-15-7-4-8-16-26/h3-24,36H,1-2H3. The van der Waals surface area contributed by atoms with Gasteiger partial charge in [-0.1, -0.05) is 123 Å². The largest absolute Gasteiger partial charge is 0.376 e. The number of anilines is 3. The maximum Gasteiger partial charge on any atom is 0.140 e. The highest BCUT2D eigenvalue weighted by atomic mass is 16.3. The van der Waals surface area contributed by atoms with E-state index in [1.807, 2.05) is 60.7 Å². The average molecular weight is 468 g/mol. The zero-order valence-corrected chi connectivity index (χ0v) is 20.6. The monoisotopic (exact) mass is 467 g/mol. The number of aliphatic hydroxyl groups is 1. The first kappa shape index (κ1) is 22.3. The number of hydrogen-bond acceptors (Lipinski definition) is 2. The fourth-order valence-electron chi connectivity index (χ4n) is 5.66. The Bertz CT molecular complexity index is 1420. The molecule has 0 radical (unpaired) electrons. The van der Waals surface area contributed by atoms with Gasteiger partial charge in [-0.05, 0) is 52.1 Å². The summed E-state index contributed by atoms with van der Waals surface area (Å²) in [5.74, 6) is 0. The molecule has 0 saturated heterocycles. The van der Waals surface area contributed by atoms with Crippen molar-refractivity contribution in [3.63, 3.8) is 0 Å². The quantitative estimate of drug-likeness (QED) is 0.270.